The molecule has 0 aliphatic carbocycles. The van der Waals surface area contributed by atoms with Crippen LogP contribution in [-0.4, -0.2) is 77.6 Å². The Morgan fingerprint density at radius 1 is 1.06 bits per heavy atom. The molecule has 0 radical (unpaired) electrons. The van der Waals surface area contributed by atoms with Gasteiger partial charge in [-0.05, 0) is 0 Å². The quantitative estimate of drug-likeness (QED) is 0.279. The predicted octanol–water partition coefficient (Wildman–Crippen LogP) is -0.0554. The molecule has 2 aromatic heterocycles. The summed E-state index contributed by atoms with van der Waals surface area (Å²) >= 11 is -5.27. The first kappa shape index (κ1) is 22.1. The molecule has 3 bridgehead atoms. The van der Waals surface area contributed by atoms with Crippen LogP contribution < -0.4 is 5.73 Å². The fourth-order valence-electron chi connectivity index (χ4n) is 3.35. The normalized spacial score (nSPS) is 47.4. The molecule has 2 unspecified atom stereocenters. The van der Waals surface area contributed by atoms with Crippen LogP contribution in [0.3, 0.4) is 0 Å². The third-order valence-corrected chi connectivity index (χ3v) is 31.0. The van der Waals surface area contributed by atoms with E-state index in [0.29, 0.717) is 0 Å². The fraction of sp³-hybridized carbons (Fsp3) is 0.500. The van der Waals surface area contributed by atoms with Crippen molar-refractivity contribution < 1.29 is 51.7 Å². The number of nitrogens with two attached hydrogens (primary N) is 1. The van der Waals surface area contributed by atoms with Crippen molar-refractivity contribution in [1.29, 1.82) is 0 Å². The molecule has 7 heterocycles. The monoisotopic (exact) mass is 711 g/mol. The van der Waals surface area contributed by atoms with Crippen molar-refractivity contribution in [2.75, 3.05) is 12.3 Å². The number of phosphoric acid groups is 3. The van der Waals surface area contributed by atoms with Crippen molar-refractivity contribution in [1.82, 2.24) is 19.5 Å². The number of aliphatic hydroxyl groups is 2. The van der Waals surface area contributed by atoms with Crippen LogP contribution in [0.5, 0.6) is 0 Å². The summed E-state index contributed by atoms with van der Waals surface area (Å²) in [4.78, 5) is 11.9. The molecule has 4 N–H and O–H groups in total. The molecule has 5 saturated heterocycles. The Hall–Kier alpha value is -0.438. The van der Waals surface area contributed by atoms with E-state index >= 15 is 0 Å². The molecule has 1 spiro atoms. The van der Waals surface area contributed by atoms with Gasteiger partial charge in [-0.1, -0.05) is 0 Å². The summed E-state index contributed by atoms with van der Waals surface area (Å²) in [5, 5.41) is 20.8. The third-order valence-electron chi connectivity index (χ3n) is 4.69. The maximum atomic E-state index is 12.8. The molecule has 5 aliphatic heterocycles. The van der Waals surface area contributed by atoms with Gasteiger partial charge in [-0.25, -0.2) is 0 Å². The van der Waals surface area contributed by atoms with Crippen molar-refractivity contribution >= 4 is 63.4 Å². The van der Waals surface area contributed by atoms with E-state index in [-0.39, 0.29) is 17.0 Å². The van der Waals surface area contributed by atoms with E-state index < -0.39 is 77.6 Å². The number of nitrogens with zero attached hydrogens (tertiary/aromatic N) is 4. The summed E-state index contributed by atoms with van der Waals surface area (Å²) < 4.78 is 77.7. The van der Waals surface area contributed by atoms with Gasteiger partial charge in [0.25, 0.3) is 0 Å². The fourth-order valence-corrected chi connectivity index (χ4v) is 33.9. The molecule has 6 atom stereocenters. The summed E-state index contributed by atoms with van der Waals surface area (Å²) in [7, 11) is -13.3. The van der Waals surface area contributed by atoms with Crippen LogP contribution in [0.1, 0.15) is 6.23 Å². The Kier molecular flexibility index (Phi) is 4.86. The first-order chi connectivity index (χ1) is 15.0. The zero-order valence-electron chi connectivity index (χ0n) is 15.3. The maximum absolute atomic E-state index is 12.8. The van der Waals surface area contributed by atoms with Crippen molar-refractivity contribution in [3.63, 3.8) is 0 Å². The molecule has 0 amide bonds. The zero-order valence-corrected chi connectivity index (χ0v) is 21.8. The van der Waals surface area contributed by atoms with E-state index in [9.17, 15) is 23.9 Å². The number of aromatic nitrogens is 4. The van der Waals surface area contributed by atoms with Crippen molar-refractivity contribution in [3.05, 3.63) is 12.7 Å². The second-order valence-corrected chi connectivity index (χ2v) is 24.2. The number of imidazole rings is 1. The Morgan fingerprint density at radius 2 is 1.81 bits per heavy atom. The minimum absolute atomic E-state index is 0.104. The number of fused-ring (bicyclic) bond motifs is 1. The van der Waals surface area contributed by atoms with Crippen LogP contribution in [0.4, 0.5) is 5.82 Å². The van der Waals surface area contributed by atoms with E-state index in [0.717, 1.165) is 0 Å². The van der Waals surface area contributed by atoms with E-state index in [2.05, 4.69) is 23.6 Å². The van der Waals surface area contributed by atoms with Gasteiger partial charge >= 0.3 is 184 Å². The van der Waals surface area contributed by atoms with Crippen LogP contribution in [0.25, 0.3) is 11.2 Å². The van der Waals surface area contributed by atoms with Gasteiger partial charge in [0.15, 0.2) is 0 Å². The van der Waals surface area contributed by atoms with Crippen LogP contribution in [0.15, 0.2) is 12.7 Å². The molecule has 2 aromatic rings. The second-order valence-electron chi connectivity index (χ2n) is 6.80. The number of aliphatic hydroxyl groups excluding tert-OH is 2. The SMILES string of the molecule is Nc1ncnc2c1ncn2[C@@H]1O[C@H](COP2(=O)OP3(=O)OP4(=O)[O][Pb]([O]2)([O]3)[O]4)[C@@H](O)[C@H]1O. The summed E-state index contributed by atoms with van der Waals surface area (Å²) in [5.74, 6) is 0.104. The average Bonchev–Trinajstić information content (AvgIpc) is 3.20. The summed E-state index contributed by atoms with van der Waals surface area (Å²) in [5.41, 5.74) is 6.23. The van der Waals surface area contributed by atoms with Crippen LogP contribution in [-0.2, 0) is 41.5 Å². The minimum atomic E-state index is -5.27. The van der Waals surface area contributed by atoms with Gasteiger partial charge in [0.05, 0.1) is 0 Å². The van der Waals surface area contributed by atoms with E-state index in [1.165, 1.54) is 17.2 Å². The van der Waals surface area contributed by atoms with Crippen molar-refractivity contribution in [3.8, 4) is 0 Å². The topological polar surface area (TPSA) is 235 Å². The van der Waals surface area contributed by atoms with Crippen LogP contribution in [0.2, 0.25) is 0 Å². The molecular weight excluding hydrogens is 698 g/mol. The Morgan fingerprint density at radius 3 is 2.56 bits per heavy atom. The van der Waals surface area contributed by atoms with E-state index in [1.807, 2.05) is 0 Å². The molecule has 32 heavy (non-hydrogen) atoms. The van der Waals surface area contributed by atoms with Gasteiger partial charge in [-0.2, -0.15) is 0 Å². The number of ether oxygens (including phenoxy) is 1. The number of hydrogen-bond acceptors (Lipinski definition) is 17. The van der Waals surface area contributed by atoms with Crippen LogP contribution >= 0.6 is 23.5 Å². The molecule has 22 heteroatoms. The van der Waals surface area contributed by atoms with Crippen molar-refractivity contribution in [2.45, 2.75) is 24.5 Å². The number of anilines is 1. The molecule has 7 rings (SSSR count). The van der Waals surface area contributed by atoms with Gasteiger partial charge in [-0.15, -0.1) is 0 Å². The zero-order chi connectivity index (χ0) is 22.5. The first-order valence-electron chi connectivity index (χ1n) is 8.67. The third kappa shape index (κ3) is 3.37. The molecule has 0 aromatic carbocycles. The van der Waals surface area contributed by atoms with Gasteiger partial charge < -0.3 is 0 Å². The van der Waals surface area contributed by atoms with Gasteiger partial charge in [-0.3, -0.25) is 0 Å². The molecular formula is C10H12N5O13P3Pb. The summed E-state index contributed by atoms with van der Waals surface area (Å²) in [6.07, 6.45) is -2.94. The summed E-state index contributed by atoms with van der Waals surface area (Å²) in [6.45, 7) is -0.655. The standard InChI is InChI=1S/C10H16N5O13P3.Pb/c11-8-5-9(13-2-12-8)15(3-14-5)10-7(17)6(16)4(26-10)1-25-30(21,22)28-31(23,24)27-29(18,19)20;/h2-4,6-7,10,16-17H,1H2,(H,21,22)(H,23,24)(H2,11,12,13)(H2,18,19,20);/q;+4/p-4/t4-,6-,7-,10-;/m1./s1. The molecule has 18 nitrogen and oxygen atoms in total. The van der Waals surface area contributed by atoms with E-state index in [4.69, 9.17) is 24.9 Å². The Balaban J connectivity index is 1.19. The van der Waals surface area contributed by atoms with Gasteiger partial charge in [0.1, 0.15) is 0 Å². The average molecular weight is 710 g/mol. The number of hydrogen-bond donors (Lipinski definition) is 3. The first-order valence-corrected chi connectivity index (χ1v) is 19.4. The molecule has 0 saturated carbocycles. The predicted molar refractivity (Wildman–Crippen MR) is 96.7 cm³/mol. The second kappa shape index (κ2) is 7.05. The van der Waals surface area contributed by atoms with Crippen molar-refractivity contribution in [2.24, 2.45) is 0 Å². The Bertz CT molecular complexity index is 1260. The van der Waals surface area contributed by atoms with E-state index in [1.54, 1.807) is 0 Å². The number of rotatable bonds is 4. The van der Waals surface area contributed by atoms with Gasteiger partial charge in [0, 0.05) is 0 Å². The molecule has 5 aliphatic rings. The van der Waals surface area contributed by atoms with Gasteiger partial charge in [0.2, 0.25) is 0 Å². The van der Waals surface area contributed by atoms with Crippen LogP contribution in [0, 0.1) is 0 Å². The summed E-state index contributed by atoms with van der Waals surface area (Å²) in [6, 6.07) is 0. The number of nitrogen functional groups attached to an aromatic ring is 1. The molecule has 174 valence electrons. The molecule has 5 fully saturated rings. The Labute approximate surface area is 184 Å².